The van der Waals surface area contributed by atoms with Gasteiger partial charge in [-0.25, -0.2) is 0 Å². The summed E-state index contributed by atoms with van der Waals surface area (Å²) in [5.74, 6) is 3.15. The van der Waals surface area contributed by atoms with E-state index < -0.39 is 8.07 Å². The minimum absolute atomic E-state index is 1.01. The van der Waals surface area contributed by atoms with E-state index in [1.165, 1.54) is 6.04 Å². The Labute approximate surface area is 59.7 Å². The second-order valence-corrected chi connectivity index (χ2v) is 7.62. The standard InChI is InChI=1S/C8H16Si/c1-5-7-8-9(3,4)6-2/h5-6H2,1-4H3. The molecule has 0 unspecified atom stereocenters. The van der Waals surface area contributed by atoms with Crippen LogP contribution >= 0.6 is 0 Å². The highest BCUT2D eigenvalue weighted by atomic mass is 28.3. The summed E-state index contributed by atoms with van der Waals surface area (Å²) in [7, 11) is -1.06. The quantitative estimate of drug-likeness (QED) is 0.388. The van der Waals surface area contributed by atoms with Gasteiger partial charge in [0.1, 0.15) is 8.07 Å². The Balaban J connectivity index is 3.84. The summed E-state index contributed by atoms with van der Waals surface area (Å²) < 4.78 is 0. The predicted octanol–water partition coefficient (Wildman–Crippen LogP) is 2.67. The normalized spacial score (nSPS) is 10.2. The van der Waals surface area contributed by atoms with E-state index in [2.05, 4.69) is 38.4 Å². The molecule has 0 fully saturated rings. The van der Waals surface area contributed by atoms with Crippen LogP contribution in [0.15, 0.2) is 0 Å². The van der Waals surface area contributed by atoms with Crippen LogP contribution in [0.4, 0.5) is 0 Å². The summed E-state index contributed by atoms with van der Waals surface area (Å²) in [6, 6.07) is 1.28. The Bertz CT molecular complexity index is 125. The van der Waals surface area contributed by atoms with Gasteiger partial charge in [-0.1, -0.05) is 26.9 Å². The Morgan fingerprint density at radius 3 is 2.11 bits per heavy atom. The van der Waals surface area contributed by atoms with E-state index in [0.29, 0.717) is 0 Å². The molecule has 52 valence electrons. The maximum absolute atomic E-state index is 3.35. The van der Waals surface area contributed by atoms with Crippen LogP contribution in [0.3, 0.4) is 0 Å². The fourth-order valence-corrected chi connectivity index (χ4v) is 1.25. The lowest BCUT2D eigenvalue weighted by atomic mass is 10.5. The molecule has 0 atom stereocenters. The Kier molecular flexibility index (Phi) is 3.64. The fourth-order valence-electron chi connectivity index (χ4n) is 0.416. The first kappa shape index (κ1) is 8.78. The van der Waals surface area contributed by atoms with Gasteiger partial charge in [0.15, 0.2) is 0 Å². The van der Waals surface area contributed by atoms with E-state index in [9.17, 15) is 0 Å². The lowest BCUT2D eigenvalue weighted by Crippen LogP contribution is -2.20. The van der Waals surface area contributed by atoms with Crippen molar-refractivity contribution in [3.63, 3.8) is 0 Å². The van der Waals surface area contributed by atoms with Gasteiger partial charge >= 0.3 is 0 Å². The molecule has 0 aromatic heterocycles. The lowest BCUT2D eigenvalue weighted by Gasteiger charge is -2.09. The molecule has 9 heavy (non-hydrogen) atoms. The summed E-state index contributed by atoms with van der Waals surface area (Å²) in [6.07, 6.45) is 1.01. The molecule has 0 heterocycles. The van der Waals surface area contributed by atoms with Gasteiger partial charge in [0.05, 0.1) is 0 Å². The van der Waals surface area contributed by atoms with E-state index in [1.807, 2.05) is 0 Å². The largest absolute Gasteiger partial charge is 0.132 e. The second-order valence-electron chi connectivity index (χ2n) is 2.89. The van der Waals surface area contributed by atoms with Crippen molar-refractivity contribution in [1.82, 2.24) is 0 Å². The molecule has 0 bridgehead atoms. The first-order valence-electron chi connectivity index (χ1n) is 3.62. The van der Waals surface area contributed by atoms with Gasteiger partial charge in [0.2, 0.25) is 0 Å². The summed E-state index contributed by atoms with van der Waals surface area (Å²) in [6.45, 7) is 8.97. The maximum Gasteiger partial charge on any atom is 0.132 e. The van der Waals surface area contributed by atoms with Crippen LogP contribution in [0.5, 0.6) is 0 Å². The smallest absolute Gasteiger partial charge is 0.132 e. The van der Waals surface area contributed by atoms with Crippen molar-refractivity contribution in [3.05, 3.63) is 0 Å². The van der Waals surface area contributed by atoms with Gasteiger partial charge in [-0.2, -0.15) is 0 Å². The predicted molar refractivity (Wildman–Crippen MR) is 46.0 cm³/mol. The first-order chi connectivity index (χ1) is 4.12. The number of rotatable bonds is 1. The highest BCUT2D eigenvalue weighted by Gasteiger charge is 2.12. The summed E-state index contributed by atoms with van der Waals surface area (Å²) >= 11 is 0. The molecule has 0 saturated heterocycles. The van der Waals surface area contributed by atoms with E-state index in [4.69, 9.17) is 0 Å². The third kappa shape index (κ3) is 4.29. The first-order valence-corrected chi connectivity index (χ1v) is 6.83. The van der Waals surface area contributed by atoms with Crippen LogP contribution in [0.1, 0.15) is 20.3 Å². The van der Waals surface area contributed by atoms with Crippen molar-refractivity contribution in [2.75, 3.05) is 0 Å². The second kappa shape index (κ2) is 3.74. The van der Waals surface area contributed by atoms with Crippen molar-refractivity contribution >= 4 is 8.07 Å². The zero-order valence-corrected chi connectivity index (χ0v) is 7.91. The average molecular weight is 140 g/mol. The van der Waals surface area contributed by atoms with Crippen molar-refractivity contribution in [2.24, 2.45) is 0 Å². The van der Waals surface area contributed by atoms with Crippen LogP contribution in [-0.2, 0) is 0 Å². The molecule has 0 aromatic rings. The molecule has 0 N–H and O–H groups in total. The summed E-state index contributed by atoms with van der Waals surface area (Å²) in [4.78, 5) is 0. The van der Waals surface area contributed by atoms with Crippen molar-refractivity contribution < 1.29 is 0 Å². The zero-order valence-electron chi connectivity index (χ0n) is 6.91. The third-order valence-electron chi connectivity index (χ3n) is 1.49. The van der Waals surface area contributed by atoms with Gasteiger partial charge < -0.3 is 0 Å². The van der Waals surface area contributed by atoms with E-state index in [1.54, 1.807) is 0 Å². The maximum atomic E-state index is 3.35. The molecule has 0 nitrogen and oxygen atoms in total. The van der Waals surface area contributed by atoms with Gasteiger partial charge in [-0.15, -0.1) is 11.5 Å². The van der Waals surface area contributed by atoms with Crippen LogP contribution in [0, 0.1) is 11.5 Å². The number of hydrogen-bond donors (Lipinski definition) is 0. The molecule has 0 aliphatic carbocycles. The topological polar surface area (TPSA) is 0 Å². The van der Waals surface area contributed by atoms with E-state index in [-0.39, 0.29) is 0 Å². The molecular weight excluding hydrogens is 124 g/mol. The van der Waals surface area contributed by atoms with Crippen LogP contribution in [0.2, 0.25) is 19.1 Å². The highest BCUT2D eigenvalue weighted by molar-refractivity contribution is 6.84. The Morgan fingerprint density at radius 1 is 1.22 bits per heavy atom. The minimum Gasteiger partial charge on any atom is -0.132 e. The molecule has 0 rings (SSSR count). The van der Waals surface area contributed by atoms with Gasteiger partial charge in [-0.3, -0.25) is 0 Å². The summed E-state index contributed by atoms with van der Waals surface area (Å²) in [5.41, 5.74) is 3.35. The monoisotopic (exact) mass is 140 g/mol. The van der Waals surface area contributed by atoms with Crippen LogP contribution in [-0.4, -0.2) is 8.07 Å². The molecule has 0 saturated carbocycles. The van der Waals surface area contributed by atoms with Gasteiger partial charge in [0, 0.05) is 6.42 Å². The zero-order chi connectivity index (χ0) is 7.33. The van der Waals surface area contributed by atoms with Crippen LogP contribution < -0.4 is 0 Å². The van der Waals surface area contributed by atoms with Gasteiger partial charge in [-0.05, 0) is 6.04 Å². The SMILES string of the molecule is CCC#C[Si](C)(C)CC. The lowest BCUT2D eigenvalue weighted by molar-refractivity contribution is 1.28. The minimum atomic E-state index is -1.06. The fraction of sp³-hybridized carbons (Fsp3) is 0.750. The Morgan fingerprint density at radius 2 is 1.78 bits per heavy atom. The molecule has 0 aromatic carbocycles. The third-order valence-corrected chi connectivity index (χ3v) is 4.11. The van der Waals surface area contributed by atoms with E-state index >= 15 is 0 Å². The molecule has 0 aliphatic heterocycles. The highest BCUT2D eigenvalue weighted by Crippen LogP contribution is 2.05. The molecule has 0 radical (unpaired) electrons. The van der Waals surface area contributed by atoms with Crippen molar-refractivity contribution in [2.45, 2.75) is 39.4 Å². The van der Waals surface area contributed by atoms with Crippen molar-refractivity contribution in [1.29, 1.82) is 0 Å². The van der Waals surface area contributed by atoms with Gasteiger partial charge in [0.25, 0.3) is 0 Å². The molecule has 1 heteroatoms. The molecule has 0 spiro atoms. The summed E-state index contributed by atoms with van der Waals surface area (Å²) in [5, 5.41) is 0. The number of hydrogen-bond acceptors (Lipinski definition) is 0. The average Bonchev–Trinajstić information content (AvgIpc) is 1.84. The molecular formula is C8H16Si. The molecule has 0 aliphatic rings. The van der Waals surface area contributed by atoms with Crippen molar-refractivity contribution in [3.8, 4) is 11.5 Å². The molecule has 0 amide bonds. The van der Waals surface area contributed by atoms with E-state index in [0.717, 1.165) is 6.42 Å². The Hall–Kier alpha value is -0.223. The van der Waals surface area contributed by atoms with Crippen LogP contribution in [0.25, 0.3) is 0 Å².